The molecular formula is C26H28BrF2N5O. The normalized spacial score (nSPS) is 20.9. The maximum absolute atomic E-state index is 13.6. The zero-order valence-electron chi connectivity index (χ0n) is 19.7. The summed E-state index contributed by atoms with van der Waals surface area (Å²) in [5, 5.41) is 8.73. The van der Waals surface area contributed by atoms with E-state index in [1.807, 2.05) is 36.1 Å². The van der Waals surface area contributed by atoms with E-state index in [0.29, 0.717) is 23.0 Å². The summed E-state index contributed by atoms with van der Waals surface area (Å²) >= 11 is 3.62. The molecule has 9 heteroatoms. The highest BCUT2D eigenvalue weighted by molar-refractivity contribution is 9.10. The predicted molar refractivity (Wildman–Crippen MR) is 135 cm³/mol. The Morgan fingerprint density at radius 3 is 2.26 bits per heavy atom. The number of anilines is 2. The Labute approximate surface area is 211 Å². The molecular weight excluding hydrogens is 516 g/mol. The van der Waals surface area contributed by atoms with Gasteiger partial charge >= 0.3 is 0 Å². The second kappa shape index (κ2) is 8.54. The summed E-state index contributed by atoms with van der Waals surface area (Å²) in [7, 11) is 0. The Morgan fingerprint density at radius 2 is 1.54 bits per heavy atom. The van der Waals surface area contributed by atoms with E-state index in [1.54, 1.807) is 0 Å². The van der Waals surface area contributed by atoms with Gasteiger partial charge in [0, 0.05) is 54.8 Å². The Hall–Kier alpha value is -2.55. The van der Waals surface area contributed by atoms with E-state index in [-0.39, 0.29) is 25.9 Å². The minimum absolute atomic E-state index is 0.160. The van der Waals surface area contributed by atoms with E-state index in [1.165, 1.54) is 25.7 Å². The summed E-state index contributed by atoms with van der Waals surface area (Å²) in [6.07, 6.45) is 4.88. The molecule has 6 nitrogen and oxygen atoms in total. The molecule has 2 aromatic heterocycles. The highest BCUT2D eigenvalue weighted by Gasteiger charge is 2.44. The Bertz CT molecular complexity index is 1240. The van der Waals surface area contributed by atoms with E-state index in [9.17, 15) is 8.78 Å². The third-order valence-corrected chi connectivity index (χ3v) is 8.24. The van der Waals surface area contributed by atoms with Crippen molar-refractivity contribution in [1.29, 1.82) is 0 Å². The number of benzene rings is 1. The highest BCUT2D eigenvalue weighted by atomic mass is 79.9. The number of rotatable bonds is 4. The summed E-state index contributed by atoms with van der Waals surface area (Å²) < 4.78 is 34.5. The molecule has 1 spiro atoms. The van der Waals surface area contributed by atoms with E-state index in [0.717, 1.165) is 40.1 Å². The van der Waals surface area contributed by atoms with Crippen molar-refractivity contribution in [3.63, 3.8) is 0 Å². The van der Waals surface area contributed by atoms with E-state index >= 15 is 0 Å². The molecule has 0 N–H and O–H groups in total. The molecule has 2 saturated heterocycles. The van der Waals surface area contributed by atoms with E-state index < -0.39 is 5.92 Å². The quantitative estimate of drug-likeness (QED) is 0.375. The summed E-state index contributed by atoms with van der Waals surface area (Å²) in [4.78, 5) is 8.91. The maximum Gasteiger partial charge on any atom is 0.251 e. The largest absolute Gasteiger partial charge is 0.416 e. The molecule has 35 heavy (non-hydrogen) atoms. The van der Waals surface area contributed by atoms with Crippen molar-refractivity contribution in [1.82, 2.24) is 15.2 Å². The molecule has 0 amide bonds. The monoisotopic (exact) mass is 543 g/mol. The molecule has 0 radical (unpaired) electrons. The van der Waals surface area contributed by atoms with Crippen LogP contribution < -0.4 is 9.80 Å². The molecule has 3 aliphatic rings. The second-order valence-corrected chi connectivity index (χ2v) is 11.2. The van der Waals surface area contributed by atoms with Crippen LogP contribution >= 0.6 is 15.9 Å². The van der Waals surface area contributed by atoms with Crippen LogP contribution in [0.2, 0.25) is 0 Å². The van der Waals surface area contributed by atoms with Gasteiger partial charge in [0.1, 0.15) is 5.82 Å². The first-order valence-corrected chi connectivity index (χ1v) is 13.1. The molecule has 1 aliphatic carbocycles. The van der Waals surface area contributed by atoms with E-state index in [4.69, 9.17) is 4.42 Å². The van der Waals surface area contributed by atoms with Gasteiger partial charge in [-0.15, -0.1) is 10.2 Å². The lowest BCUT2D eigenvalue weighted by Crippen LogP contribution is -2.39. The van der Waals surface area contributed by atoms with Gasteiger partial charge in [0.25, 0.3) is 5.92 Å². The van der Waals surface area contributed by atoms with Gasteiger partial charge in [-0.25, -0.2) is 13.8 Å². The number of aryl methyl sites for hydroxylation is 1. The van der Waals surface area contributed by atoms with Crippen molar-refractivity contribution in [2.75, 3.05) is 36.0 Å². The molecule has 4 heterocycles. The number of hydrogen-bond donors (Lipinski definition) is 0. The molecule has 6 rings (SSSR count). The van der Waals surface area contributed by atoms with Crippen LogP contribution in [-0.2, 0) is 0 Å². The van der Waals surface area contributed by atoms with Crippen molar-refractivity contribution >= 4 is 27.4 Å². The molecule has 184 valence electrons. The van der Waals surface area contributed by atoms with Gasteiger partial charge in [0.15, 0.2) is 0 Å². The highest BCUT2D eigenvalue weighted by Crippen LogP contribution is 2.54. The van der Waals surface area contributed by atoms with Gasteiger partial charge in [-0.05, 0) is 68.4 Å². The van der Waals surface area contributed by atoms with Crippen molar-refractivity contribution in [2.24, 2.45) is 5.41 Å². The van der Waals surface area contributed by atoms with Gasteiger partial charge in [0.05, 0.1) is 11.3 Å². The summed E-state index contributed by atoms with van der Waals surface area (Å²) in [5.74, 6) is -1.05. The molecule has 0 unspecified atom stereocenters. The standard InChI is InChI=1S/C26H28BrF2N5O/c1-17-14-18(15-22(30-17)34-12-8-26(28,29)9-13-34)23-31-32-24(35-23)20-3-2-19(27)16-21(20)33-10-6-25(4-5-25)7-11-33/h2-3,14-16H,4-13H2,1H3. The first kappa shape index (κ1) is 22.9. The topological polar surface area (TPSA) is 58.3 Å². The molecule has 3 fully saturated rings. The number of pyridine rings is 1. The van der Waals surface area contributed by atoms with Gasteiger partial charge in [-0.1, -0.05) is 15.9 Å². The number of nitrogens with zero attached hydrogens (tertiary/aromatic N) is 5. The molecule has 3 aromatic rings. The molecule has 2 aliphatic heterocycles. The molecule has 1 saturated carbocycles. The van der Waals surface area contributed by atoms with Gasteiger partial charge < -0.3 is 14.2 Å². The minimum Gasteiger partial charge on any atom is -0.416 e. The first-order valence-electron chi connectivity index (χ1n) is 12.3. The van der Waals surface area contributed by atoms with Crippen LogP contribution in [0, 0.1) is 12.3 Å². The summed E-state index contributed by atoms with van der Waals surface area (Å²) in [6.45, 7) is 4.51. The average molecular weight is 544 g/mol. The van der Waals surface area contributed by atoms with E-state index in [2.05, 4.69) is 42.1 Å². The Kier molecular flexibility index (Phi) is 5.58. The molecule has 1 aromatic carbocycles. The molecule has 0 bridgehead atoms. The van der Waals surface area contributed by atoms with Crippen LogP contribution in [0.4, 0.5) is 20.3 Å². The van der Waals surface area contributed by atoms with Crippen LogP contribution in [0.3, 0.4) is 0 Å². The van der Waals surface area contributed by atoms with Crippen molar-refractivity contribution < 1.29 is 13.2 Å². The predicted octanol–water partition coefficient (Wildman–Crippen LogP) is 6.49. The maximum atomic E-state index is 13.6. The van der Waals surface area contributed by atoms with Crippen LogP contribution in [0.1, 0.15) is 44.2 Å². The fraction of sp³-hybridized carbons (Fsp3) is 0.500. The minimum atomic E-state index is -2.60. The zero-order valence-corrected chi connectivity index (χ0v) is 21.3. The van der Waals surface area contributed by atoms with Crippen LogP contribution in [0.5, 0.6) is 0 Å². The lowest BCUT2D eigenvalue weighted by Gasteiger charge is -2.34. The van der Waals surface area contributed by atoms with Crippen molar-refractivity contribution in [3.05, 3.63) is 40.5 Å². The van der Waals surface area contributed by atoms with Gasteiger partial charge in [-0.3, -0.25) is 0 Å². The third kappa shape index (κ3) is 4.67. The lowest BCUT2D eigenvalue weighted by atomic mass is 9.93. The van der Waals surface area contributed by atoms with Gasteiger partial charge in [-0.2, -0.15) is 0 Å². The number of halogens is 3. The number of alkyl halides is 2. The zero-order chi connectivity index (χ0) is 24.2. The number of piperidine rings is 2. The van der Waals surface area contributed by atoms with Crippen LogP contribution in [0.25, 0.3) is 22.9 Å². The fourth-order valence-electron chi connectivity index (χ4n) is 5.29. The SMILES string of the molecule is Cc1cc(-c2nnc(-c3ccc(Br)cc3N3CCC4(CC3)CC4)o2)cc(N2CCC(F)(F)CC2)n1. The smallest absolute Gasteiger partial charge is 0.251 e. The third-order valence-electron chi connectivity index (χ3n) is 7.74. The lowest BCUT2D eigenvalue weighted by molar-refractivity contribution is -0.0221. The Morgan fingerprint density at radius 1 is 0.857 bits per heavy atom. The number of hydrogen-bond acceptors (Lipinski definition) is 6. The van der Waals surface area contributed by atoms with Crippen molar-refractivity contribution in [2.45, 2.75) is 51.4 Å². The average Bonchev–Trinajstić information content (AvgIpc) is 3.39. The number of aromatic nitrogens is 3. The van der Waals surface area contributed by atoms with Crippen LogP contribution in [-0.4, -0.2) is 47.3 Å². The second-order valence-electron chi connectivity index (χ2n) is 10.3. The fourth-order valence-corrected chi connectivity index (χ4v) is 5.64. The molecule has 0 atom stereocenters. The first-order chi connectivity index (χ1) is 16.8. The van der Waals surface area contributed by atoms with Crippen molar-refractivity contribution in [3.8, 4) is 22.9 Å². The summed E-state index contributed by atoms with van der Waals surface area (Å²) in [5.41, 5.74) is 4.15. The Balaban J connectivity index is 1.28. The van der Waals surface area contributed by atoms with Crippen LogP contribution in [0.15, 0.2) is 39.2 Å². The summed E-state index contributed by atoms with van der Waals surface area (Å²) in [6, 6.07) is 9.90. The van der Waals surface area contributed by atoms with Gasteiger partial charge in [0.2, 0.25) is 11.8 Å².